The van der Waals surface area contributed by atoms with Gasteiger partial charge in [0, 0.05) is 9.50 Å². The Labute approximate surface area is 145 Å². The van der Waals surface area contributed by atoms with E-state index in [1.807, 2.05) is 0 Å². The van der Waals surface area contributed by atoms with Gasteiger partial charge in [-0.3, -0.25) is 4.79 Å². The molecule has 0 radical (unpaired) electrons. The number of halogens is 5. The van der Waals surface area contributed by atoms with E-state index in [0.717, 1.165) is 8.26 Å². The number of hydrogen-bond acceptors (Lipinski definition) is 2. The SMILES string of the molecule is O=C(Nc1c(Cl)cc(Cl)cc1Cl)c1cc(Br)c(Br)s1. The first-order valence-corrected chi connectivity index (χ1v) is 8.33. The number of anilines is 1. The minimum atomic E-state index is -0.289. The summed E-state index contributed by atoms with van der Waals surface area (Å²) in [6.07, 6.45) is 0. The molecule has 0 atom stereocenters. The van der Waals surface area contributed by atoms with Gasteiger partial charge in [0.15, 0.2) is 0 Å². The first kappa shape index (κ1) is 15.6. The summed E-state index contributed by atoms with van der Waals surface area (Å²) in [5.41, 5.74) is 0.346. The van der Waals surface area contributed by atoms with E-state index in [4.69, 9.17) is 34.8 Å². The van der Waals surface area contributed by atoms with Crippen LogP contribution in [-0.2, 0) is 0 Å². The van der Waals surface area contributed by atoms with Crippen molar-refractivity contribution in [1.82, 2.24) is 0 Å². The Hall–Kier alpha value is 0.220. The fraction of sp³-hybridized carbons (Fsp3) is 0. The number of nitrogens with one attached hydrogen (secondary N) is 1. The summed E-state index contributed by atoms with van der Waals surface area (Å²) < 4.78 is 1.65. The first-order valence-electron chi connectivity index (χ1n) is 4.79. The van der Waals surface area contributed by atoms with E-state index >= 15 is 0 Å². The van der Waals surface area contributed by atoms with Crippen molar-refractivity contribution in [2.75, 3.05) is 5.32 Å². The first-order chi connectivity index (χ1) is 8.88. The number of carbonyl (C=O) groups is 1. The third-order valence-electron chi connectivity index (χ3n) is 2.11. The molecule has 100 valence electrons. The summed E-state index contributed by atoms with van der Waals surface area (Å²) in [5.74, 6) is -0.289. The highest BCUT2D eigenvalue weighted by atomic mass is 79.9. The fourth-order valence-corrected chi connectivity index (χ4v) is 4.14. The van der Waals surface area contributed by atoms with E-state index in [1.165, 1.54) is 23.5 Å². The molecule has 1 heterocycles. The Morgan fingerprint density at radius 1 is 1.11 bits per heavy atom. The maximum absolute atomic E-state index is 12.1. The molecular formula is C11H4Br2Cl3NOS. The Morgan fingerprint density at radius 2 is 1.68 bits per heavy atom. The summed E-state index contributed by atoms with van der Waals surface area (Å²) in [6.45, 7) is 0. The number of hydrogen-bond donors (Lipinski definition) is 1. The molecule has 2 aromatic rings. The van der Waals surface area contributed by atoms with E-state index in [-0.39, 0.29) is 5.91 Å². The van der Waals surface area contributed by atoms with Gasteiger partial charge in [0.05, 0.1) is 24.4 Å². The molecule has 0 bridgehead atoms. The van der Waals surface area contributed by atoms with Gasteiger partial charge in [-0.15, -0.1) is 11.3 Å². The van der Waals surface area contributed by atoms with E-state index in [9.17, 15) is 4.79 Å². The van der Waals surface area contributed by atoms with Crippen molar-refractivity contribution in [1.29, 1.82) is 0 Å². The van der Waals surface area contributed by atoms with Crippen LogP contribution in [0.5, 0.6) is 0 Å². The molecule has 1 aromatic carbocycles. The minimum absolute atomic E-state index is 0.289. The maximum Gasteiger partial charge on any atom is 0.265 e. The second kappa shape index (κ2) is 6.33. The number of amides is 1. The number of rotatable bonds is 2. The van der Waals surface area contributed by atoms with Gasteiger partial charge in [-0.05, 0) is 50.1 Å². The molecule has 2 nitrogen and oxygen atoms in total. The van der Waals surface area contributed by atoms with E-state index in [2.05, 4.69) is 37.2 Å². The van der Waals surface area contributed by atoms with Crippen LogP contribution in [0, 0.1) is 0 Å². The highest BCUT2D eigenvalue weighted by Crippen LogP contribution is 2.36. The summed E-state index contributed by atoms with van der Waals surface area (Å²) in [4.78, 5) is 12.6. The maximum atomic E-state index is 12.1. The Balaban J connectivity index is 2.29. The highest BCUT2D eigenvalue weighted by molar-refractivity contribution is 9.13. The average molecular weight is 464 g/mol. The van der Waals surface area contributed by atoms with Crippen LogP contribution < -0.4 is 5.32 Å². The molecule has 0 aliphatic heterocycles. The fourth-order valence-electron chi connectivity index (χ4n) is 1.30. The highest BCUT2D eigenvalue weighted by Gasteiger charge is 2.15. The van der Waals surface area contributed by atoms with Crippen LogP contribution >= 0.6 is 78.0 Å². The van der Waals surface area contributed by atoms with Crippen molar-refractivity contribution in [3.63, 3.8) is 0 Å². The molecule has 1 N–H and O–H groups in total. The van der Waals surface area contributed by atoms with Gasteiger partial charge >= 0.3 is 0 Å². The van der Waals surface area contributed by atoms with Crippen molar-refractivity contribution in [2.45, 2.75) is 0 Å². The van der Waals surface area contributed by atoms with Gasteiger partial charge in [0.2, 0.25) is 0 Å². The topological polar surface area (TPSA) is 29.1 Å². The van der Waals surface area contributed by atoms with Crippen LogP contribution in [0.15, 0.2) is 26.5 Å². The monoisotopic (exact) mass is 461 g/mol. The van der Waals surface area contributed by atoms with Crippen LogP contribution in [0.3, 0.4) is 0 Å². The van der Waals surface area contributed by atoms with Crippen molar-refractivity contribution in [3.8, 4) is 0 Å². The van der Waals surface area contributed by atoms with Crippen molar-refractivity contribution < 1.29 is 4.79 Å². The van der Waals surface area contributed by atoms with E-state index < -0.39 is 0 Å². The Bertz CT molecular complexity index is 617. The van der Waals surface area contributed by atoms with Gasteiger partial charge in [-0.2, -0.15) is 0 Å². The summed E-state index contributed by atoms with van der Waals surface area (Å²) >= 11 is 25.8. The van der Waals surface area contributed by atoms with Crippen molar-refractivity contribution in [2.24, 2.45) is 0 Å². The molecule has 0 fully saturated rings. The third kappa shape index (κ3) is 3.65. The summed E-state index contributed by atoms with van der Waals surface area (Å²) in [7, 11) is 0. The number of carbonyl (C=O) groups excluding carboxylic acids is 1. The van der Waals surface area contributed by atoms with Gasteiger partial charge in [-0.25, -0.2) is 0 Å². The molecule has 0 saturated carbocycles. The molecule has 8 heteroatoms. The second-order valence-corrected chi connectivity index (χ2v) is 7.91. The molecule has 19 heavy (non-hydrogen) atoms. The Morgan fingerprint density at radius 3 is 2.16 bits per heavy atom. The van der Waals surface area contributed by atoms with Gasteiger partial charge in [0.1, 0.15) is 0 Å². The minimum Gasteiger partial charge on any atom is -0.319 e. The molecule has 2 rings (SSSR count). The van der Waals surface area contributed by atoms with E-state index in [0.29, 0.717) is 25.6 Å². The predicted molar refractivity (Wildman–Crippen MR) is 89.1 cm³/mol. The molecule has 0 unspecified atom stereocenters. The molecule has 0 aliphatic rings. The lowest BCUT2D eigenvalue weighted by atomic mass is 10.3. The van der Waals surface area contributed by atoms with Crippen LogP contribution in [-0.4, -0.2) is 5.91 Å². The van der Waals surface area contributed by atoms with Crippen molar-refractivity contribution in [3.05, 3.63) is 46.4 Å². The summed E-state index contributed by atoms with van der Waals surface area (Å²) in [5, 5.41) is 3.67. The largest absolute Gasteiger partial charge is 0.319 e. The average Bonchev–Trinajstić information content (AvgIpc) is 2.64. The number of benzene rings is 1. The molecular weight excluding hydrogens is 460 g/mol. The zero-order valence-corrected chi connectivity index (χ0v) is 15.2. The lowest BCUT2D eigenvalue weighted by Crippen LogP contribution is -2.10. The molecule has 1 amide bonds. The zero-order chi connectivity index (χ0) is 14.2. The van der Waals surface area contributed by atoms with Crippen LogP contribution in [0.25, 0.3) is 0 Å². The molecule has 0 aliphatic carbocycles. The van der Waals surface area contributed by atoms with Crippen LogP contribution in [0.1, 0.15) is 9.67 Å². The third-order valence-corrected chi connectivity index (χ3v) is 6.18. The van der Waals surface area contributed by atoms with Crippen molar-refractivity contribution >= 4 is 89.6 Å². The summed E-state index contributed by atoms with van der Waals surface area (Å²) in [6, 6.07) is 4.75. The lowest BCUT2D eigenvalue weighted by Gasteiger charge is -2.08. The number of thiophene rings is 1. The normalized spacial score (nSPS) is 10.6. The van der Waals surface area contributed by atoms with E-state index in [1.54, 1.807) is 6.07 Å². The molecule has 0 spiro atoms. The Kier molecular flexibility index (Phi) is 5.20. The standard InChI is InChI=1S/C11H4Br2Cl3NOS/c12-5-3-8(19-10(5)13)11(18)17-9-6(15)1-4(14)2-7(9)16/h1-3H,(H,17,18). The quantitative estimate of drug-likeness (QED) is 0.541. The molecule has 0 saturated heterocycles. The molecule has 1 aromatic heterocycles. The smallest absolute Gasteiger partial charge is 0.265 e. The van der Waals surface area contributed by atoms with Crippen LogP contribution in [0.4, 0.5) is 5.69 Å². The second-order valence-electron chi connectivity index (χ2n) is 3.43. The van der Waals surface area contributed by atoms with Gasteiger partial charge in [0.25, 0.3) is 5.91 Å². The van der Waals surface area contributed by atoms with Crippen LogP contribution in [0.2, 0.25) is 15.1 Å². The zero-order valence-electron chi connectivity index (χ0n) is 8.94. The van der Waals surface area contributed by atoms with Gasteiger partial charge in [-0.1, -0.05) is 34.8 Å². The lowest BCUT2D eigenvalue weighted by molar-refractivity contribution is 0.103. The predicted octanol–water partition coefficient (Wildman–Crippen LogP) is 6.49. The van der Waals surface area contributed by atoms with Gasteiger partial charge < -0.3 is 5.32 Å².